The van der Waals surface area contributed by atoms with Gasteiger partial charge in [-0.25, -0.2) is 15.0 Å². The van der Waals surface area contributed by atoms with Crippen molar-refractivity contribution in [2.24, 2.45) is 0 Å². The van der Waals surface area contributed by atoms with Crippen molar-refractivity contribution in [3.63, 3.8) is 0 Å². The Hall–Kier alpha value is -3.00. The Bertz CT molecular complexity index is 994. The highest BCUT2D eigenvalue weighted by Gasteiger charge is 2.20. The molecule has 2 aromatic heterocycles. The average molecular weight is 394 g/mol. The Morgan fingerprint density at radius 1 is 1.24 bits per heavy atom. The summed E-state index contributed by atoms with van der Waals surface area (Å²) in [4.78, 5) is 25.8. The van der Waals surface area contributed by atoms with Crippen LogP contribution in [0.5, 0.6) is 0 Å². The third kappa shape index (κ3) is 4.54. The predicted molar refractivity (Wildman–Crippen MR) is 110 cm³/mol. The summed E-state index contributed by atoms with van der Waals surface area (Å²) >= 11 is 0. The molecule has 1 aliphatic carbocycles. The molecule has 0 unspecified atom stereocenters. The number of hydrogen-bond acceptors (Lipinski definition) is 6. The van der Waals surface area contributed by atoms with Gasteiger partial charge in [0.1, 0.15) is 5.82 Å². The van der Waals surface area contributed by atoms with Crippen LogP contribution in [0.1, 0.15) is 48.8 Å². The van der Waals surface area contributed by atoms with E-state index in [0.717, 1.165) is 49.0 Å². The molecule has 1 amide bonds. The summed E-state index contributed by atoms with van der Waals surface area (Å²) in [7, 11) is 0. The molecule has 152 valence electrons. The highest BCUT2D eigenvalue weighted by atomic mass is 16.3. The van der Waals surface area contributed by atoms with E-state index < -0.39 is 0 Å². The number of amides is 1. The number of aliphatic hydroxyl groups excluding tert-OH is 1. The largest absolute Gasteiger partial charge is 0.393 e. The topological polar surface area (TPSA) is 105 Å². The van der Waals surface area contributed by atoms with E-state index in [1.165, 1.54) is 0 Å². The number of hydrogen-bond donors (Lipinski definition) is 3. The second-order valence-corrected chi connectivity index (χ2v) is 7.43. The minimum Gasteiger partial charge on any atom is -0.393 e. The van der Waals surface area contributed by atoms with Crippen molar-refractivity contribution >= 4 is 22.8 Å². The van der Waals surface area contributed by atoms with Crippen molar-refractivity contribution in [3.8, 4) is 0 Å². The summed E-state index contributed by atoms with van der Waals surface area (Å²) in [6.45, 7) is 3.23. The smallest absolute Gasteiger partial charge is 0.251 e. The molecule has 8 heteroatoms. The minimum atomic E-state index is -0.193. The molecule has 1 aromatic carbocycles. The fourth-order valence-corrected chi connectivity index (χ4v) is 3.69. The predicted octanol–water partition coefficient (Wildman–Crippen LogP) is 2.49. The van der Waals surface area contributed by atoms with Gasteiger partial charge in [0, 0.05) is 42.1 Å². The summed E-state index contributed by atoms with van der Waals surface area (Å²) in [6.07, 6.45) is 8.61. The molecule has 2 heterocycles. The lowest BCUT2D eigenvalue weighted by atomic mass is 9.93. The number of aryl methyl sites for hydroxylation is 1. The standard InChI is InChI=1S/C21H26N6O2/c1-2-27-10-9-22-19(27)13-23-20(29)14-3-4-15-12-24-21(26-18(15)11-14)25-16-5-7-17(28)8-6-16/h3-4,9-12,16-17,28H,2,5-8,13H2,1H3,(H,23,29)(H,24,25,26). The normalized spacial score (nSPS) is 19.2. The molecule has 3 aromatic rings. The maximum Gasteiger partial charge on any atom is 0.251 e. The number of imidazole rings is 1. The zero-order chi connectivity index (χ0) is 20.2. The molecule has 0 atom stereocenters. The first kappa shape index (κ1) is 19.3. The number of nitrogens with one attached hydrogen (secondary N) is 2. The van der Waals surface area contributed by atoms with E-state index in [-0.39, 0.29) is 18.1 Å². The summed E-state index contributed by atoms with van der Waals surface area (Å²) < 4.78 is 2.00. The maximum absolute atomic E-state index is 12.6. The number of carbonyl (C=O) groups excluding carboxylic acids is 1. The van der Waals surface area contributed by atoms with Crippen LogP contribution in [0.2, 0.25) is 0 Å². The van der Waals surface area contributed by atoms with Gasteiger partial charge in [-0.1, -0.05) is 6.07 Å². The number of aromatic nitrogens is 4. The molecule has 0 aliphatic heterocycles. The molecule has 1 saturated carbocycles. The lowest BCUT2D eigenvalue weighted by molar-refractivity contribution is 0.0949. The Morgan fingerprint density at radius 3 is 2.86 bits per heavy atom. The minimum absolute atomic E-state index is 0.160. The number of aliphatic hydroxyl groups is 1. The molecule has 4 rings (SSSR count). The van der Waals surface area contributed by atoms with Gasteiger partial charge < -0.3 is 20.3 Å². The Balaban J connectivity index is 1.45. The molecule has 0 saturated heterocycles. The van der Waals surface area contributed by atoms with E-state index in [1.807, 2.05) is 23.8 Å². The van der Waals surface area contributed by atoms with Crippen LogP contribution in [-0.2, 0) is 13.1 Å². The van der Waals surface area contributed by atoms with Gasteiger partial charge >= 0.3 is 0 Å². The van der Waals surface area contributed by atoms with Gasteiger partial charge in [0.25, 0.3) is 5.91 Å². The first-order valence-corrected chi connectivity index (χ1v) is 10.1. The Kier molecular flexibility index (Phi) is 5.71. The number of rotatable bonds is 6. The molecule has 8 nitrogen and oxygen atoms in total. The monoisotopic (exact) mass is 394 g/mol. The van der Waals surface area contributed by atoms with Crippen LogP contribution in [0.15, 0.2) is 36.8 Å². The van der Waals surface area contributed by atoms with Gasteiger partial charge in [-0.2, -0.15) is 0 Å². The van der Waals surface area contributed by atoms with Crippen molar-refractivity contribution < 1.29 is 9.90 Å². The molecule has 0 spiro atoms. The van der Waals surface area contributed by atoms with E-state index >= 15 is 0 Å². The van der Waals surface area contributed by atoms with Crippen molar-refractivity contribution in [2.45, 2.75) is 57.8 Å². The van der Waals surface area contributed by atoms with E-state index in [1.54, 1.807) is 24.5 Å². The average Bonchev–Trinajstić information content (AvgIpc) is 3.21. The molecule has 1 fully saturated rings. The lowest BCUT2D eigenvalue weighted by Crippen LogP contribution is -2.28. The second kappa shape index (κ2) is 8.57. The molecule has 29 heavy (non-hydrogen) atoms. The van der Waals surface area contributed by atoms with Gasteiger partial charge in [-0.05, 0) is 44.7 Å². The molecule has 3 N–H and O–H groups in total. The van der Waals surface area contributed by atoms with Crippen LogP contribution in [-0.4, -0.2) is 42.7 Å². The third-order valence-corrected chi connectivity index (χ3v) is 5.42. The van der Waals surface area contributed by atoms with Crippen LogP contribution >= 0.6 is 0 Å². The summed E-state index contributed by atoms with van der Waals surface area (Å²) in [5.41, 5.74) is 1.28. The molecular weight excluding hydrogens is 368 g/mol. The molecule has 0 bridgehead atoms. The molecule has 1 aliphatic rings. The van der Waals surface area contributed by atoms with Gasteiger partial charge in [0.05, 0.1) is 18.2 Å². The lowest BCUT2D eigenvalue weighted by Gasteiger charge is -2.26. The summed E-state index contributed by atoms with van der Waals surface area (Å²) in [5, 5.41) is 16.8. The van der Waals surface area contributed by atoms with Crippen LogP contribution in [0.4, 0.5) is 5.95 Å². The van der Waals surface area contributed by atoms with Crippen molar-refractivity contribution in [2.75, 3.05) is 5.32 Å². The third-order valence-electron chi connectivity index (χ3n) is 5.42. The SMILES string of the molecule is CCn1ccnc1CNC(=O)c1ccc2cnc(NC3CCC(O)CC3)nc2c1. The van der Waals surface area contributed by atoms with Crippen molar-refractivity contribution in [1.82, 2.24) is 24.8 Å². The highest BCUT2D eigenvalue weighted by molar-refractivity contribution is 5.97. The van der Waals surface area contributed by atoms with Gasteiger partial charge in [-0.15, -0.1) is 0 Å². The number of carbonyl (C=O) groups is 1. The van der Waals surface area contributed by atoms with E-state index in [9.17, 15) is 9.90 Å². The first-order valence-electron chi connectivity index (χ1n) is 10.1. The van der Waals surface area contributed by atoms with Crippen LogP contribution in [0.3, 0.4) is 0 Å². The first-order chi connectivity index (χ1) is 14.1. The molecular formula is C21H26N6O2. The van der Waals surface area contributed by atoms with E-state index in [4.69, 9.17) is 0 Å². The summed E-state index contributed by atoms with van der Waals surface area (Å²) in [6, 6.07) is 5.69. The second-order valence-electron chi connectivity index (χ2n) is 7.43. The number of anilines is 1. The number of nitrogens with zero attached hydrogens (tertiary/aromatic N) is 4. The maximum atomic E-state index is 12.6. The van der Waals surface area contributed by atoms with Crippen molar-refractivity contribution in [1.29, 1.82) is 0 Å². The zero-order valence-corrected chi connectivity index (χ0v) is 16.5. The summed E-state index contributed by atoms with van der Waals surface area (Å²) in [5.74, 6) is 1.22. The van der Waals surface area contributed by atoms with Gasteiger partial charge in [0.2, 0.25) is 5.95 Å². The Labute approximate surface area is 169 Å². The number of fused-ring (bicyclic) bond motifs is 1. The van der Waals surface area contributed by atoms with Crippen LogP contribution in [0, 0.1) is 0 Å². The molecule has 0 radical (unpaired) electrons. The van der Waals surface area contributed by atoms with Gasteiger partial charge in [0.15, 0.2) is 0 Å². The zero-order valence-electron chi connectivity index (χ0n) is 16.5. The van der Waals surface area contributed by atoms with Crippen molar-refractivity contribution in [3.05, 3.63) is 48.2 Å². The van der Waals surface area contributed by atoms with Crippen LogP contribution < -0.4 is 10.6 Å². The quantitative estimate of drug-likeness (QED) is 0.593. The van der Waals surface area contributed by atoms with Crippen LogP contribution in [0.25, 0.3) is 10.9 Å². The fourth-order valence-electron chi connectivity index (χ4n) is 3.69. The number of benzene rings is 1. The van der Waals surface area contributed by atoms with E-state index in [0.29, 0.717) is 18.1 Å². The Morgan fingerprint density at radius 2 is 2.07 bits per heavy atom. The van der Waals surface area contributed by atoms with Gasteiger partial charge in [-0.3, -0.25) is 4.79 Å². The fraction of sp³-hybridized carbons (Fsp3) is 0.429. The highest BCUT2D eigenvalue weighted by Crippen LogP contribution is 2.22. The van der Waals surface area contributed by atoms with E-state index in [2.05, 4.69) is 25.6 Å².